The normalized spacial score (nSPS) is 12.5. The number of unbranched alkanes of at least 4 members (excludes halogenated alkanes) is 1. The van der Waals surface area contributed by atoms with Crippen molar-refractivity contribution in [1.82, 2.24) is 5.32 Å². The maximum absolute atomic E-state index is 10.1. The number of rotatable bonds is 8. The number of hydrogen-bond donors (Lipinski definition) is 1. The van der Waals surface area contributed by atoms with Crippen molar-refractivity contribution < 1.29 is 9.53 Å². The first-order valence-corrected chi connectivity index (χ1v) is 4.67. The van der Waals surface area contributed by atoms with Crippen molar-refractivity contribution in [3.63, 3.8) is 0 Å². The molecule has 1 atom stereocenters. The molecule has 0 aliphatic heterocycles. The minimum absolute atomic E-state index is 0.0842. The van der Waals surface area contributed by atoms with E-state index < -0.39 is 0 Å². The van der Waals surface area contributed by atoms with Crippen LogP contribution in [0.25, 0.3) is 0 Å². The van der Waals surface area contributed by atoms with Gasteiger partial charge in [-0.2, -0.15) is 0 Å². The van der Waals surface area contributed by atoms with Gasteiger partial charge in [0.2, 0.25) is 0 Å². The van der Waals surface area contributed by atoms with E-state index in [2.05, 4.69) is 19.2 Å². The smallest absolute Gasteiger partial charge is 0.294 e. The van der Waals surface area contributed by atoms with Crippen LogP contribution < -0.4 is 5.32 Å². The third-order valence-electron chi connectivity index (χ3n) is 1.67. The molecule has 0 fully saturated rings. The quantitative estimate of drug-likeness (QED) is 0.345. The molecule has 0 amide bonds. The Balaban J connectivity index is 3.40. The van der Waals surface area contributed by atoms with Crippen LogP contribution in [-0.2, 0) is 9.53 Å². The van der Waals surface area contributed by atoms with Crippen LogP contribution in [0.2, 0.25) is 0 Å². The maximum Gasteiger partial charge on any atom is 0.294 e. The maximum atomic E-state index is 10.1. The molecule has 0 saturated heterocycles. The van der Waals surface area contributed by atoms with Crippen molar-refractivity contribution in [1.29, 1.82) is 0 Å². The van der Waals surface area contributed by atoms with Gasteiger partial charge in [0.1, 0.15) is 0 Å². The monoisotopic (exact) mass is 173 g/mol. The van der Waals surface area contributed by atoms with Crippen molar-refractivity contribution in [2.24, 2.45) is 0 Å². The van der Waals surface area contributed by atoms with Gasteiger partial charge in [-0.15, -0.1) is 0 Å². The molecule has 0 aliphatic carbocycles. The van der Waals surface area contributed by atoms with Crippen LogP contribution in [0.5, 0.6) is 0 Å². The number of carbonyl (C=O) groups excluding carboxylic acids is 1. The number of carbonyl (C=O) groups is 1. The molecule has 0 saturated carbocycles. The van der Waals surface area contributed by atoms with Crippen molar-refractivity contribution in [2.45, 2.75) is 45.8 Å². The SMILES string of the molecule is CCCCNC(CCC)OC=O. The lowest BCUT2D eigenvalue weighted by atomic mass is 10.3. The van der Waals surface area contributed by atoms with E-state index >= 15 is 0 Å². The Kier molecular flexibility index (Phi) is 8.12. The molecule has 0 heterocycles. The highest BCUT2D eigenvalue weighted by molar-refractivity contribution is 5.37. The summed E-state index contributed by atoms with van der Waals surface area (Å²) in [6, 6.07) is 0. The lowest BCUT2D eigenvalue weighted by Crippen LogP contribution is -2.32. The third-order valence-corrected chi connectivity index (χ3v) is 1.67. The molecule has 0 aromatic heterocycles. The highest BCUT2D eigenvalue weighted by Gasteiger charge is 2.04. The molecule has 3 nitrogen and oxygen atoms in total. The molecule has 1 N–H and O–H groups in total. The Bertz CT molecular complexity index is 107. The Morgan fingerprint density at radius 2 is 2.17 bits per heavy atom. The van der Waals surface area contributed by atoms with Gasteiger partial charge in [0, 0.05) is 0 Å². The summed E-state index contributed by atoms with van der Waals surface area (Å²) >= 11 is 0. The largest absolute Gasteiger partial charge is 0.449 e. The highest BCUT2D eigenvalue weighted by Crippen LogP contribution is 1.97. The van der Waals surface area contributed by atoms with Crippen LogP contribution in [0, 0.1) is 0 Å². The minimum atomic E-state index is -0.0842. The summed E-state index contributed by atoms with van der Waals surface area (Å²) in [5.41, 5.74) is 0. The van der Waals surface area contributed by atoms with E-state index in [9.17, 15) is 4.79 Å². The van der Waals surface area contributed by atoms with Crippen LogP contribution >= 0.6 is 0 Å². The first-order chi connectivity index (χ1) is 5.85. The number of nitrogens with one attached hydrogen (secondary N) is 1. The van der Waals surface area contributed by atoms with Gasteiger partial charge >= 0.3 is 0 Å². The molecule has 0 spiro atoms. The zero-order valence-electron chi connectivity index (χ0n) is 8.01. The minimum Gasteiger partial charge on any atom is -0.449 e. The van der Waals surface area contributed by atoms with Gasteiger partial charge in [0.05, 0.1) is 0 Å². The van der Waals surface area contributed by atoms with E-state index in [4.69, 9.17) is 4.74 Å². The average Bonchev–Trinajstić information content (AvgIpc) is 2.06. The molecule has 0 radical (unpaired) electrons. The van der Waals surface area contributed by atoms with E-state index in [-0.39, 0.29) is 6.23 Å². The fraction of sp³-hybridized carbons (Fsp3) is 0.889. The molecule has 0 aromatic rings. The summed E-state index contributed by atoms with van der Waals surface area (Å²) in [4.78, 5) is 10.1. The van der Waals surface area contributed by atoms with Crippen LogP contribution in [0.3, 0.4) is 0 Å². The van der Waals surface area contributed by atoms with E-state index in [0.717, 1.165) is 32.2 Å². The first-order valence-electron chi connectivity index (χ1n) is 4.67. The predicted octanol–water partition coefficient (Wildman–Crippen LogP) is 1.68. The van der Waals surface area contributed by atoms with Gasteiger partial charge in [0.15, 0.2) is 6.23 Å². The summed E-state index contributed by atoms with van der Waals surface area (Å²) in [7, 11) is 0. The number of ether oxygens (including phenoxy) is 1. The van der Waals surface area contributed by atoms with E-state index in [1.54, 1.807) is 0 Å². The third kappa shape index (κ3) is 6.16. The summed E-state index contributed by atoms with van der Waals surface area (Å²) in [5.74, 6) is 0. The second-order valence-corrected chi connectivity index (χ2v) is 2.82. The van der Waals surface area contributed by atoms with Crippen LogP contribution in [0.4, 0.5) is 0 Å². The molecular formula is C9H19NO2. The van der Waals surface area contributed by atoms with Gasteiger partial charge in [0.25, 0.3) is 6.47 Å². The molecule has 0 aliphatic rings. The van der Waals surface area contributed by atoms with Gasteiger partial charge in [-0.3, -0.25) is 10.1 Å². The van der Waals surface area contributed by atoms with E-state index in [0.29, 0.717) is 6.47 Å². The van der Waals surface area contributed by atoms with Gasteiger partial charge in [-0.25, -0.2) is 0 Å². The summed E-state index contributed by atoms with van der Waals surface area (Å²) < 4.78 is 4.84. The zero-order chi connectivity index (χ0) is 9.23. The predicted molar refractivity (Wildman–Crippen MR) is 48.8 cm³/mol. The van der Waals surface area contributed by atoms with Crippen molar-refractivity contribution >= 4 is 6.47 Å². The highest BCUT2D eigenvalue weighted by atomic mass is 16.5. The Morgan fingerprint density at radius 1 is 1.42 bits per heavy atom. The van der Waals surface area contributed by atoms with Crippen molar-refractivity contribution in [3.05, 3.63) is 0 Å². The Morgan fingerprint density at radius 3 is 2.67 bits per heavy atom. The summed E-state index contributed by atoms with van der Waals surface area (Å²) in [6.07, 6.45) is 4.12. The molecule has 0 bridgehead atoms. The molecule has 72 valence electrons. The van der Waals surface area contributed by atoms with Gasteiger partial charge < -0.3 is 4.74 Å². The standard InChI is InChI=1S/C9H19NO2/c1-3-5-7-10-9(6-4-2)12-8-11/h8-10H,3-7H2,1-2H3. The first kappa shape index (κ1) is 11.4. The molecule has 0 aromatic carbocycles. The van der Waals surface area contributed by atoms with E-state index in [1.807, 2.05) is 0 Å². The Hall–Kier alpha value is -0.570. The Labute approximate surface area is 74.5 Å². The van der Waals surface area contributed by atoms with Gasteiger partial charge in [-0.05, 0) is 19.4 Å². The van der Waals surface area contributed by atoms with Crippen LogP contribution in [-0.4, -0.2) is 19.2 Å². The van der Waals surface area contributed by atoms with E-state index in [1.165, 1.54) is 0 Å². The summed E-state index contributed by atoms with van der Waals surface area (Å²) in [5, 5.41) is 3.17. The fourth-order valence-corrected chi connectivity index (χ4v) is 0.987. The second-order valence-electron chi connectivity index (χ2n) is 2.82. The molecule has 0 rings (SSSR count). The van der Waals surface area contributed by atoms with Crippen molar-refractivity contribution in [2.75, 3.05) is 6.54 Å². The second kappa shape index (κ2) is 8.53. The average molecular weight is 173 g/mol. The summed E-state index contributed by atoms with van der Waals surface area (Å²) in [6.45, 7) is 5.65. The number of hydrogen-bond acceptors (Lipinski definition) is 3. The lowest BCUT2D eigenvalue weighted by Gasteiger charge is -2.15. The zero-order valence-corrected chi connectivity index (χ0v) is 8.01. The fourth-order valence-electron chi connectivity index (χ4n) is 0.987. The van der Waals surface area contributed by atoms with Gasteiger partial charge in [-0.1, -0.05) is 26.7 Å². The van der Waals surface area contributed by atoms with Crippen LogP contribution in [0.1, 0.15) is 39.5 Å². The molecule has 1 unspecified atom stereocenters. The van der Waals surface area contributed by atoms with Crippen LogP contribution in [0.15, 0.2) is 0 Å². The molecule has 12 heavy (non-hydrogen) atoms. The molecular weight excluding hydrogens is 154 g/mol. The lowest BCUT2D eigenvalue weighted by molar-refractivity contribution is -0.135. The molecule has 3 heteroatoms. The van der Waals surface area contributed by atoms with Crippen molar-refractivity contribution in [3.8, 4) is 0 Å². The topological polar surface area (TPSA) is 38.3 Å².